The molecule has 0 spiro atoms. The average molecular weight is 438 g/mol. The zero-order chi connectivity index (χ0) is 21.6. The summed E-state index contributed by atoms with van der Waals surface area (Å²) in [6.45, 7) is 8.11. The Kier molecular flexibility index (Phi) is 7.20. The van der Waals surface area contributed by atoms with Crippen LogP contribution in [-0.4, -0.2) is 35.5 Å². The van der Waals surface area contributed by atoms with Crippen LogP contribution in [0.2, 0.25) is 0 Å². The van der Waals surface area contributed by atoms with Crippen LogP contribution in [0.3, 0.4) is 0 Å². The molecular formula is C25H31N3O2S. The number of hydrogen-bond acceptors (Lipinski definition) is 5. The molecule has 164 valence electrons. The second-order valence-electron chi connectivity index (χ2n) is 8.50. The molecule has 6 heteroatoms. The van der Waals surface area contributed by atoms with E-state index in [-0.39, 0.29) is 5.91 Å². The van der Waals surface area contributed by atoms with Gasteiger partial charge >= 0.3 is 0 Å². The number of piperidine rings is 1. The molecule has 31 heavy (non-hydrogen) atoms. The number of aromatic nitrogens is 1. The lowest BCUT2D eigenvalue weighted by Gasteiger charge is -2.29. The fraction of sp³-hybridized carbons (Fsp3) is 0.440. The van der Waals surface area contributed by atoms with E-state index in [1.807, 2.05) is 31.2 Å². The number of aryl methyl sites for hydroxylation is 1. The number of hydrogen-bond donors (Lipinski definition) is 1. The van der Waals surface area contributed by atoms with Crippen LogP contribution >= 0.6 is 11.3 Å². The Balaban J connectivity index is 1.20. The Morgan fingerprint density at radius 3 is 2.77 bits per heavy atom. The summed E-state index contributed by atoms with van der Waals surface area (Å²) in [5.41, 5.74) is 1.03. The molecule has 0 atom stereocenters. The van der Waals surface area contributed by atoms with Crippen molar-refractivity contribution in [1.29, 1.82) is 0 Å². The molecule has 4 rings (SSSR count). The van der Waals surface area contributed by atoms with Gasteiger partial charge in [0.05, 0.1) is 12.3 Å². The third-order valence-electron chi connectivity index (χ3n) is 5.92. The fourth-order valence-electron chi connectivity index (χ4n) is 3.91. The number of nitrogens with one attached hydrogen (secondary N) is 1. The zero-order valence-corrected chi connectivity index (χ0v) is 19.2. The predicted molar refractivity (Wildman–Crippen MR) is 128 cm³/mol. The van der Waals surface area contributed by atoms with Crippen LogP contribution in [0.25, 0.3) is 10.8 Å². The van der Waals surface area contributed by atoms with Gasteiger partial charge in [-0.3, -0.25) is 9.69 Å². The lowest BCUT2D eigenvalue weighted by atomic mass is 9.99. The molecule has 0 bridgehead atoms. The van der Waals surface area contributed by atoms with Crippen molar-refractivity contribution in [2.45, 2.75) is 46.1 Å². The molecule has 1 aromatic heterocycles. The standard InChI is InChI=1S/C25H31N3O2S/c1-18-11-13-28(14-12-18)17-23-19(2)26-25(31-23)27-24(29)8-5-15-30-22-10-9-20-6-3-4-7-21(20)16-22/h3-4,6-7,9-10,16,18H,5,8,11-15,17H2,1-2H3,(H,26,27,29). The Morgan fingerprint density at radius 1 is 1.19 bits per heavy atom. The summed E-state index contributed by atoms with van der Waals surface area (Å²) in [6, 6.07) is 14.3. The van der Waals surface area contributed by atoms with Gasteiger partial charge in [-0.15, -0.1) is 11.3 Å². The number of fused-ring (bicyclic) bond motifs is 1. The van der Waals surface area contributed by atoms with Gasteiger partial charge in [0.2, 0.25) is 5.91 Å². The highest BCUT2D eigenvalue weighted by molar-refractivity contribution is 7.15. The van der Waals surface area contributed by atoms with E-state index in [0.717, 1.165) is 42.4 Å². The van der Waals surface area contributed by atoms with Crippen molar-refractivity contribution in [3.05, 3.63) is 53.0 Å². The number of anilines is 1. The summed E-state index contributed by atoms with van der Waals surface area (Å²) >= 11 is 1.60. The highest BCUT2D eigenvalue weighted by Crippen LogP contribution is 2.26. The first-order chi connectivity index (χ1) is 15.1. The van der Waals surface area contributed by atoms with E-state index in [1.54, 1.807) is 11.3 Å². The number of carbonyl (C=O) groups excluding carboxylic acids is 1. The van der Waals surface area contributed by atoms with Gasteiger partial charge in [-0.05, 0) is 68.1 Å². The Bertz CT molecular complexity index is 1020. The molecule has 0 radical (unpaired) electrons. The van der Waals surface area contributed by atoms with Crippen molar-refractivity contribution < 1.29 is 9.53 Å². The highest BCUT2D eigenvalue weighted by atomic mass is 32.1. The van der Waals surface area contributed by atoms with Gasteiger partial charge in [-0.2, -0.15) is 0 Å². The van der Waals surface area contributed by atoms with Crippen LogP contribution in [0, 0.1) is 12.8 Å². The molecule has 5 nitrogen and oxygen atoms in total. The molecule has 2 aromatic carbocycles. The maximum Gasteiger partial charge on any atom is 0.226 e. The molecule has 1 fully saturated rings. The maximum atomic E-state index is 12.3. The van der Waals surface area contributed by atoms with Crippen LogP contribution in [0.15, 0.2) is 42.5 Å². The number of nitrogens with zero attached hydrogens (tertiary/aromatic N) is 2. The largest absolute Gasteiger partial charge is 0.494 e. The fourth-order valence-corrected chi connectivity index (χ4v) is 4.93. The van der Waals surface area contributed by atoms with Gasteiger partial charge in [0.15, 0.2) is 5.13 Å². The van der Waals surface area contributed by atoms with E-state index in [2.05, 4.69) is 40.3 Å². The molecule has 3 aromatic rings. The summed E-state index contributed by atoms with van der Waals surface area (Å²) in [6.07, 6.45) is 3.62. The molecule has 0 unspecified atom stereocenters. The van der Waals surface area contributed by atoms with Gasteiger partial charge in [0, 0.05) is 17.8 Å². The first-order valence-electron chi connectivity index (χ1n) is 11.2. The second kappa shape index (κ2) is 10.2. The van der Waals surface area contributed by atoms with Crippen molar-refractivity contribution >= 4 is 33.1 Å². The van der Waals surface area contributed by atoms with Crippen LogP contribution in [0.1, 0.15) is 43.2 Å². The first-order valence-corrected chi connectivity index (χ1v) is 12.0. The maximum absolute atomic E-state index is 12.3. The number of amides is 1. The molecule has 0 aliphatic carbocycles. The van der Waals surface area contributed by atoms with Crippen LogP contribution in [0.4, 0.5) is 5.13 Å². The first kappa shape index (κ1) is 21.8. The molecule has 1 N–H and O–H groups in total. The number of benzene rings is 2. The zero-order valence-electron chi connectivity index (χ0n) is 18.4. The highest BCUT2D eigenvalue weighted by Gasteiger charge is 2.18. The van der Waals surface area contributed by atoms with Crippen LogP contribution < -0.4 is 10.1 Å². The minimum atomic E-state index is -0.00536. The van der Waals surface area contributed by atoms with E-state index in [1.165, 1.54) is 23.1 Å². The van der Waals surface area contributed by atoms with Crippen molar-refractivity contribution in [2.75, 3.05) is 25.0 Å². The average Bonchev–Trinajstić information content (AvgIpc) is 3.11. The summed E-state index contributed by atoms with van der Waals surface area (Å²) in [4.78, 5) is 20.6. The smallest absolute Gasteiger partial charge is 0.226 e. The minimum Gasteiger partial charge on any atom is -0.494 e. The molecule has 2 heterocycles. The monoisotopic (exact) mass is 437 g/mol. The van der Waals surface area contributed by atoms with E-state index >= 15 is 0 Å². The third-order valence-corrected chi connectivity index (χ3v) is 6.98. The quantitative estimate of drug-likeness (QED) is 0.464. The van der Waals surface area contributed by atoms with Gasteiger partial charge in [-0.1, -0.05) is 37.3 Å². The topological polar surface area (TPSA) is 54.5 Å². The summed E-state index contributed by atoms with van der Waals surface area (Å²) in [7, 11) is 0. The minimum absolute atomic E-state index is 0.00536. The van der Waals surface area contributed by atoms with Gasteiger partial charge in [-0.25, -0.2) is 4.98 Å². The Labute approximate surface area is 188 Å². The van der Waals surface area contributed by atoms with Crippen LogP contribution in [0.5, 0.6) is 5.75 Å². The van der Waals surface area contributed by atoms with Crippen LogP contribution in [-0.2, 0) is 11.3 Å². The number of likely N-dealkylation sites (tertiary alicyclic amines) is 1. The molecule has 0 saturated carbocycles. The molecule has 1 amide bonds. The molecule has 1 saturated heterocycles. The SMILES string of the molecule is Cc1nc(NC(=O)CCCOc2ccc3ccccc3c2)sc1CN1CCC(C)CC1. The van der Waals surface area contributed by atoms with Gasteiger partial charge in [0.1, 0.15) is 5.75 Å². The molecule has 1 aliphatic rings. The van der Waals surface area contributed by atoms with E-state index < -0.39 is 0 Å². The van der Waals surface area contributed by atoms with Crippen molar-refractivity contribution in [1.82, 2.24) is 9.88 Å². The number of carbonyl (C=O) groups is 1. The Morgan fingerprint density at radius 2 is 1.97 bits per heavy atom. The van der Waals surface area contributed by atoms with Gasteiger partial charge < -0.3 is 10.1 Å². The second-order valence-corrected chi connectivity index (χ2v) is 9.58. The Hall–Kier alpha value is -2.44. The van der Waals surface area contributed by atoms with Gasteiger partial charge in [0.25, 0.3) is 0 Å². The molecular weight excluding hydrogens is 406 g/mol. The lowest BCUT2D eigenvalue weighted by Crippen LogP contribution is -2.32. The van der Waals surface area contributed by atoms with E-state index in [4.69, 9.17) is 4.74 Å². The lowest BCUT2D eigenvalue weighted by molar-refractivity contribution is -0.116. The van der Waals surface area contributed by atoms with Crippen molar-refractivity contribution in [2.24, 2.45) is 5.92 Å². The number of rotatable bonds is 8. The normalized spacial score (nSPS) is 15.3. The third kappa shape index (κ3) is 6.05. The van der Waals surface area contributed by atoms with E-state index in [9.17, 15) is 4.79 Å². The van der Waals surface area contributed by atoms with Crippen molar-refractivity contribution in [3.63, 3.8) is 0 Å². The predicted octanol–water partition coefficient (Wildman–Crippen LogP) is 5.63. The summed E-state index contributed by atoms with van der Waals surface area (Å²) in [5.74, 6) is 1.67. The summed E-state index contributed by atoms with van der Waals surface area (Å²) in [5, 5.41) is 6.03. The number of thiazole rings is 1. The number of ether oxygens (including phenoxy) is 1. The van der Waals surface area contributed by atoms with E-state index in [0.29, 0.717) is 24.6 Å². The van der Waals surface area contributed by atoms with Crippen molar-refractivity contribution in [3.8, 4) is 5.75 Å². The summed E-state index contributed by atoms with van der Waals surface area (Å²) < 4.78 is 5.83. The molecule has 1 aliphatic heterocycles.